The van der Waals surface area contributed by atoms with Crippen LogP contribution < -0.4 is 5.73 Å². The van der Waals surface area contributed by atoms with E-state index < -0.39 is 5.97 Å². The summed E-state index contributed by atoms with van der Waals surface area (Å²) in [6, 6.07) is 4.85. The van der Waals surface area contributed by atoms with Crippen LogP contribution in [0.5, 0.6) is 5.75 Å². The molecule has 1 aromatic carbocycles. The minimum atomic E-state index is -0.855. The predicted octanol–water partition coefficient (Wildman–Crippen LogP) is 1.82. The molecule has 0 bridgehead atoms. The summed E-state index contributed by atoms with van der Waals surface area (Å²) in [6.07, 6.45) is 1.23. The SMILES string of the molecule is CCc1cc(O)cc(C(N)CCC(=O)O)c1. The number of phenolic OH excluding ortho intramolecular Hbond substituents is 1. The van der Waals surface area contributed by atoms with Gasteiger partial charge in [0.1, 0.15) is 5.75 Å². The molecule has 1 aromatic rings. The number of aryl methyl sites for hydroxylation is 1. The first-order chi connectivity index (χ1) is 7.52. The number of phenols is 1. The van der Waals surface area contributed by atoms with Gasteiger partial charge >= 0.3 is 5.97 Å². The number of carboxylic acids is 1. The van der Waals surface area contributed by atoms with Crippen molar-refractivity contribution in [1.82, 2.24) is 0 Å². The first-order valence-corrected chi connectivity index (χ1v) is 5.33. The topological polar surface area (TPSA) is 83.5 Å². The van der Waals surface area contributed by atoms with Gasteiger partial charge in [0.2, 0.25) is 0 Å². The third-order valence-electron chi connectivity index (χ3n) is 2.51. The minimum absolute atomic E-state index is 0.0400. The zero-order valence-corrected chi connectivity index (χ0v) is 9.31. The van der Waals surface area contributed by atoms with E-state index in [-0.39, 0.29) is 18.2 Å². The van der Waals surface area contributed by atoms with Crippen molar-refractivity contribution >= 4 is 5.97 Å². The number of carboxylic acid groups (broad SMARTS) is 1. The smallest absolute Gasteiger partial charge is 0.303 e. The Labute approximate surface area is 94.7 Å². The molecule has 4 N–H and O–H groups in total. The van der Waals surface area contributed by atoms with E-state index in [2.05, 4.69) is 0 Å². The number of hydrogen-bond donors (Lipinski definition) is 3. The predicted molar refractivity (Wildman–Crippen MR) is 61.3 cm³/mol. The second-order valence-corrected chi connectivity index (χ2v) is 3.83. The lowest BCUT2D eigenvalue weighted by atomic mass is 9.99. The van der Waals surface area contributed by atoms with Crippen LogP contribution in [0.3, 0.4) is 0 Å². The van der Waals surface area contributed by atoms with Gasteiger partial charge in [-0.05, 0) is 36.1 Å². The fourth-order valence-electron chi connectivity index (χ4n) is 1.56. The highest BCUT2D eigenvalue weighted by Crippen LogP contribution is 2.23. The zero-order valence-electron chi connectivity index (χ0n) is 9.31. The summed E-state index contributed by atoms with van der Waals surface area (Å²) in [4.78, 5) is 10.4. The summed E-state index contributed by atoms with van der Waals surface area (Å²) in [7, 11) is 0. The Bertz CT molecular complexity index is 377. The highest BCUT2D eigenvalue weighted by atomic mass is 16.4. The molecule has 88 valence electrons. The highest BCUT2D eigenvalue weighted by Gasteiger charge is 2.10. The number of carbonyl (C=O) groups is 1. The van der Waals surface area contributed by atoms with Gasteiger partial charge < -0.3 is 15.9 Å². The Morgan fingerprint density at radius 2 is 2.12 bits per heavy atom. The van der Waals surface area contributed by atoms with Crippen LogP contribution in [0, 0.1) is 0 Å². The minimum Gasteiger partial charge on any atom is -0.508 e. The molecule has 0 saturated carbocycles. The van der Waals surface area contributed by atoms with Crippen molar-refractivity contribution in [3.8, 4) is 5.75 Å². The van der Waals surface area contributed by atoms with Crippen LogP contribution in [0.1, 0.15) is 36.9 Å². The number of benzene rings is 1. The maximum atomic E-state index is 10.4. The van der Waals surface area contributed by atoms with Crippen LogP contribution in [-0.4, -0.2) is 16.2 Å². The Balaban J connectivity index is 2.77. The molecule has 0 aliphatic carbocycles. The van der Waals surface area contributed by atoms with E-state index >= 15 is 0 Å². The molecule has 0 aliphatic heterocycles. The lowest BCUT2D eigenvalue weighted by Crippen LogP contribution is -2.12. The summed E-state index contributed by atoms with van der Waals surface area (Å²) < 4.78 is 0. The summed E-state index contributed by atoms with van der Waals surface area (Å²) in [5.41, 5.74) is 7.65. The molecule has 4 heteroatoms. The average Bonchev–Trinajstić information content (AvgIpc) is 2.24. The van der Waals surface area contributed by atoms with Crippen LogP contribution in [0.4, 0.5) is 0 Å². The van der Waals surface area contributed by atoms with Gasteiger partial charge in [-0.1, -0.05) is 13.0 Å². The van der Waals surface area contributed by atoms with E-state index in [1.807, 2.05) is 13.0 Å². The summed E-state index contributed by atoms with van der Waals surface area (Å²) in [5.74, 6) is -0.675. The molecule has 0 amide bonds. The van der Waals surface area contributed by atoms with Crippen molar-refractivity contribution < 1.29 is 15.0 Å². The molecular formula is C12H17NO3. The van der Waals surface area contributed by atoms with E-state index in [4.69, 9.17) is 10.8 Å². The highest BCUT2D eigenvalue weighted by molar-refractivity contribution is 5.66. The van der Waals surface area contributed by atoms with Crippen LogP contribution in [0.15, 0.2) is 18.2 Å². The van der Waals surface area contributed by atoms with Gasteiger partial charge in [0, 0.05) is 12.5 Å². The number of aliphatic carboxylic acids is 1. The van der Waals surface area contributed by atoms with Crippen molar-refractivity contribution in [2.45, 2.75) is 32.2 Å². The van der Waals surface area contributed by atoms with Crippen LogP contribution in [-0.2, 0) is 11.2 Å². The molecule has 0 spiro atoms. The monoisotopic (exact) mass is 223 g/mol. The van der Waals surface area contributed by atoms with Crippen molar-refractivity contribution in [1.29, 1.82) is 0 Å². The second-order valence-electron chi connectivity index (χ2n) is 3.83. The number of hydrogen-bond acceptors (Lipinski definition) is 3. The first-order valence-electron chi connectivity index (χ1n) is 5.33. The van der Waals surface area contributed by atoms with Crippen molar-refractivity contribution in [2.75, 3.05) is 0 Å². The maximum absolute atomic E-state index is 10.4. The Kier molecular flexibility index (Phi) is 4.31. The van der Waals surface area contributed by atoms with Crippen molar-refractivity contribution in [3.63, 3.8) is 0 Å². The van der Waals surface area contributed by atoms with E-state index in [9.17, 15) is 9.90 Å². The quantitative estimate of drug-likeness (QED) is 0.711. The molecule has 0 saturated heterocycles. The van der Waals surface area contributed by atoms with Crippen molar-refractivity contribution in [3.05, 3.63) is 29.3 Å². The van der Waals surface area contributed by atoms with E-state index in [1.54, 1.807) is 12.1 Å². The van der Waals surface area contributed by atoms with Crippen LogP contribution in [0.2, 0.25) is 0 Å². The normalized spacial score (nSPS) is 12.4. The molecule has 1 rings (SSSR count). The van der Waals surface area contributed by atoms with E-state index in [0.29, 0.717) is 6.42 Å². The lowest BCUT2D eigenvalue weighted by molar-refractivity contribution is -0.137. The maximum Gasteiger partial charge on any atom is 0.303 e. The molecule has 1 atom stereocenters. The lowest BCUT2D eigenvalue weighted by Gasteiger charge is -2.12. The largest absolute Gasteiger partial charge is 0.508 e. The third kappa shape index (κ3) is 3.55. The van der Waals surface area contributed by atoms with Gasteiger partial charge in [-0.2, -0.15) is 0 Å². The van der Waals surface area contributed by atoms with E-state index in [0.717, 1.165) is 17.5 Å². The Morgan fingerprint density at radius 3 is 2.69 bits per heavy atom. The summed E-state index contributed by atoms with van der Waals surface area (Å²) >= 11 is 0. The molecule has 0 aromatic heterocycles. The van der Waals surface area contributed by atoms with Crippen molar-refractivity contribution in [2.24, 2.45) is 5.73 Å². The molecule has 0 aliphatic rings. The van der Waals surface area contributed by atoms with Gasteiger partial charge in [0.15, 0.2) is 0 Å². The van der Waals surface area contributed by atoms with Crippen LogP contribution in [0.25, 0.3) is 0 Å². The molecular weight excluding hydrogens is 206 g/mol. The summed E-state index contributed by atoms with van der Waals surface area (Å²) in [5, 5.41) is 18.0. The first kappa shape index (κ1) is 12.5. The van der Waals surface area contributed by atoms with Crippen LogP contribution >= 0.6 is 0 Å². The number of aromatic hydroxyl groups is 1. The molecule has 0 radical (unpaired) electrons. The zero-order chi connectivity index (χ0) is 12.1. The molecule has 0 fully saturated rings. The average molecular weight is 223 g/mol. The van der Waals surface area contributed by atoms with E-state index in [1.165, 1.54) is 0 Å². The molecule has 16 heavy (non-hydrogen) atoms. The standard InChI is InChI=1S/C12H17NO3/c1-2-8-5-9(7-10(14)6-8)11(13)3-4-12(15)16/h5-7,11,14H,2-4,13H2,1H3,(H,15,16). The van der Waals surface area contributed by atoms with Gasteiger partial charge in [-0.15, -0.1) is 0 Å². The molecule has 0 heterocycles. The van der Waals surface area contributed by atoms with Gasteiger partial charge in [-0.25, -0.2) is 0 Å². The second kappa shape index (κ2) is 5.51. The van der Waals surface area contributed by atoms with Gasteiger partial charge in [-0.3, -0.25) is 4.79 Å². The fraction of sp³-hybridized carbons (Fsp3) is 0.417. The third-order valence-corrected chi connectivity index (χ3v) is 2.51. The molecule has 1 unspecified atom stereocenters. The Hall–Kier alpha value is -1.55. The number of nitrogens with two attached hydrogens (primary N) is 1. The molecule has 4 nitrogen and oxygen atoms in total. The number of rotatable bonds is 5. The fourth-order valence-corrected chi connectivity index (χ4v) is 1.56. The summed E-state index contributed by atoms with van der Waals surface area (Å²) in [6.45, 7) is 1.99. The Morgan fingerprint density at radius 1 is 1.44 bits per heavy atom. The van der Waals surface area contributed by atoms with Gasteiger partial charge in [0.05, 0.1) is 0 Å². The van der Waals surface area contributed by atoms with Gasteiger partial charge in [0.25, 0.3) is 0 Å².